The molecule has 1 aliphatic rings. The molecule has 0 saturated heterocycles. The van der Waals surface area contributed by atoms with E-state index in [4.69, 9.17) is 38.1 Å². The molecule has 3 heterocycles. The van der Waals surface area contributed by atoms with Gasteiger partial charge in [0.1, 0.15) is 17.1 Å². The Kier molecular flexibility index (Phi) is 10.7. The lowest BCUT2D eigenvalue weighted by Crippen LogP contribution is -2.86. The van der Waals surface area contributed by atoms with Crippen molar-refractivity contribution in [3.8, 4) is 17.3 Å². The van der Waals surface area contributed by atoms with Crippen molar-refractivity contribution in [2.75, 3.05) is 13.2 Å². The number of nitrogens with two attached hydrogens (primary N) is 1. The van der Waals surface area contributed by atoms with Crippen molar-refractivity contribution < 1.29 is 37.9 Å². The molecule has 2 aromatic carbocycles. The minimum absolute atomic E-state index is 0.0995. The number of benzene rings is 2. The van der Waals surface area contributed by atoms with Crippen LogP contribution in [0.1, 0.15) is 36.1 Å². The summed E-state index contributed by atoms with van der Waals surface area (Å²) in [5, 5.41) is 21.0. The Labute approximate surface area is 299 Å². The Balaban J connectivity index is 1.30. The highest BCUT2D eigenvalue weighted by Gasteiger charge is 2.31. The largest absolute Gasteiger partial charge is 0.483 e. The molecule has 1 aliphatic carbocycles. The summed E-state index contributed by atoms with van der Waals surface area (Å²) in [5.41, 5.74) is 3.94. The van der Waals surface area contributed by atoms with Gasteiger partial charge in [0.25, 0.3) is 0 Å². The molecule has 15 heteroatoms. The van der Waals surface area contributed by atoms with Crippen LogP contribution in [0.2, 0.25) is 10.0 Å². The van der Waals surface area contributed by atoms with Crippen molar-refractivity contribution in [2.45, 2.75) is 51.3 Å². The Bertz CT molecular complexity index is 2090. The first-order chi connectivity index (χ1) is 23.9. The molecule has 1 saturated carbocycles. The van der Waals surface area contributed by atoms with E-state index in [1.54, 1.807) is 36.5 Å². The van der Waals surface area contributed by atoms with Gasteiger partial charge in [0.15, 0.2) is 13.2 Å². The zero-order valence-corrected chi connectivity index (χ0v) is 29.1. The summed E-state index contributed by atoms with van der Waals surface area (Å²) in [6, 6.07) is 12.5. The predicted molar refractivity (Wildman–Crippen MR) is 187 cm³/mol. The van der Waals surface area contributed by atoms with Gasteiger partial charge in [-0.1, -0.05) is 60.7 Å². The van der Waals surface area contributed by atoms with Crippen LogP contribution in [0.25, 0.3) is 26.8 Å². The molecule has 0 unspecified atom stereocenters. The number of pyridine rings is 1. The summed E-state index contributed by atoms with van der Waals surface area (Å²) in [6.07, 6.45) is 1.93. The number of hydrogen-bond donors (Lipinski definition) is 3. The quantitative estimate of drug-likeness (QED) is 0.100. The lowest BCUT2D eigenvalue weighted by molar-refractivity contribution is -0.633. The van der Waals surface area contributed by atoms with E-state index < -0.39 is 24.8 Å². The third-order valence-electron chi connectivity index (χ3n) is 8.73. The van der Waals surface area contributed by atoms with Crippen molar-refractivity contribution in [2.24, 2.45) is 5.92 Å². The standard InChI is InChI=1S/C35H32Cl2F3N5O4S/c1-19-31(37)26-14-23(36)16-42-32(26)45(19)25-12-22(11-20-5-4-6-20)30-29(15-25)50-44-33(30)49-28(34(46)47)13-21-7-2-3-8-27(21)48-17-24(9-10-41)43-18-35(38,39)40/h2-3,7-10,12,14-16,20,28,41,43H,4-6,11,13,17-18H2,1H3,(H,46,47)/p+1/b24-9-,41-10?/t28-/m1/s1. The summed E-state index contributed by atoms with van der Waals surface area (Å²) in [5.74, 6) is -0.232. The zero-order chi connectivity index (χ0) is 35.6. The molecular formula is C35H33Cl2F3N5O4S+. The number of rotatable bonds is 14. The van der Waals surface area contributed by atoms with E-state index in [1.807, 2.05) is 17.6 Å². The van der Waals surface area contributed by atoms with Crippen LogP contribution in [0, 0.1) is 18.3 Å². The van der Waals surface area contributed by atoms with Crippen LogP contribution in [0.5, 0.6) is 11.6 Å². The third-order valence-corrected chi connectivity index (χ3v) is 10.2. The first-order valence-corrected chi connectivity index (χ1v) is 17.4. The molecule has 5 aromatic rings. The Morgan fingerprint density at radius 1 is 1.22 bits per heavy atom. The highest BCUT2D eigenvalue weighted by Crippen LogP contribution is 2.41. The van der Waals surface area contributed by atoms with Crippen molar-refractivity contribution in [1.29, 1.82) is 5.41 Å². The molecule has 0 amide bonds. The number of fused-ring (bicyclic) bond motifs is 2. The number of hydrogen-bond acceptors (Lipinski definition) is 7. The Morgan fingerprint density at radius 3 is 2.70 bits per heavy atom. The maximum atomic E-state index is 12.8. The molecule has 9 nitrogen and oxygen atoms in total. The normalized spacial score (nSPS) is 14.6. The highest BCUT2D eigenvalue weighted by atomic mass is 35.5. The molecule has 1 atom stereocenters. The number of nitrogens with zero attached hydrogens (tertiary/aromatic N) is 3. The average molecular weight is 748 g/mol. The monoisotopic (exact) mass is 746 g/mol. The fourth-order valence-electron chi connectivity index (χ4n) is 6.04. The zero-order valence-electron chi connectivity index (χ0n) is 26.8. The maximum Gasteiger partial charge on any atom is 0.438 e. The minimum atomic E-state index is -4.40. The Hall–Kier alpha value is -4.17. The van der Waals surface area contributed by atoms with Gasteiger partial charge in [-0.05, 0) is 66.2 Å². The van der Waals surface area contributed by atoms with E-state index in [2.05, 4.69) is 15.4 Å². The second-order valence-electron chi connectivity index (χ2n) is 12.2. The topological polar surface area (TPSA) is 127 Å². The molecule has 4 N–H and O–H groups in total. The molecule has 262 valence electrons. The lowest BCUT2D eigenvalue weighted by atomic mass is 9.80. The summed E-state index contributed by atoms with van der Waals surface area (Å²) in [4.78, 5) is 17.2. The van der Waals surface area contributed by atoms with Crippen LogP contribution in [-0.2, 0) is 17.6 Å². The van der Waals surface area contributed by atoms with Crippen molar-refractivity contribution >= 4 is 68.0 Å². The molecule has 1 fully saturated rings. The third kappa shape index (κ3) is 7.91. The molecule has 0 aliphatic heterocycles. The first kappa shape index (κ1) is 35.6. The van der Waals surface area contributed by atoms with Gasteiger partial charge in [-0.2, -0.15) is 17.5 Å². The summed E-state index contributed by atoms with van der Waals surface area (Å²) < 4.78 is 57.8. The predicted octanol–water partition coefficient (Wildman–Crippen LogP) is 7.71. The maximum absolute atomic E-state index is 12.8. The fourth-order valence-corrected chi connectivity index (χ4v) is 7.22. The van der Waals surface area contributed by atoms with E-state index in [-0.39, 0.29) is 24.6 Å². The van der Waals surface area contributed by atoms with Crippen molar-refractivity contribution in [1.82, 2.24) is 13.9 Å². The molecule has 6 rings (SSSR count). The van der Waals surface area contributed by atoms with Crippen LogP contribution in [0.4, 0.5) is 13.2 Å². The average Bonchev–Trinajstić information content (AvgIpc) is 3.57. The van der Waals surface area contributed by atoms with Gasteiger partial charge < -0.3 is 25.3 Å². The van der Waals surface area contributed by atoms with Crippen LogP contribution < -0.4 is 14.8 Å². The second kappa shape index (κ2) is 15.0. The van der Waals surface area contributed by atoms with Gasteiger partial charge in [0.2, 0.25) is 12.0 Å². The number of carboxylic acids is 1. The van der Waals surface area contributed by atoms with Gasteiger partial charge in [-0.15, -0.1) is 0 Å². The van der Waals surface area contributed by atoms with Crippen LogP contribution in [-0.4, -0.2) is 56.6 Å². The van der Waals surface area contributed by atoms with Crippen molar-refractivity contribution in [3.63, 3.8) is 0 Å². The lowest BCUT2D eigenvalue weighted by Gasteiger charge is -2.26. The van der Waals surface area contributed by atoms with E-state index in [9.17, 15) is 23.1 Å². The molecular weight excluding hydrogens is 714 g/mol. The van der Waals surface area contributed by atoms with Gasteiger partial charge in [0, 0.05) is 41.7 Å². The van der Waals surface area contributed by atoms with Gasteiger partial charge in [-0.3, -0.25) is 4.57 Å². The number of carboxylic acid groups (broad SMARTS) is 1. The number of quaternary nitrogens is 1. The van der Waals surface area contributed by atoms with Crippen molar-refractivity contribution in [3.05, 3.63) is 87.3 Å². The SMILES string of the molecule is Cc1c(Cl)c2cc(Cl)cnc2n1-c1cc(CC2CCC2)c2c(O[C@H](Cc3ccccc3OC/C(=C/C=N)[NH2+]CC(F)(F)F)C(=O)O)nsc2c1. The van der Waals surface area contributed by atoms with E-state index >= 15 is 0 Å². The highest BCUT2D eigenvalue weighted by molar-refractivity contribution is 7.13. The second-order valence-corrected chi connectivity index (χ2v) is 13.8. The number of allylic oxidation sites excluding steroid dienone is 1. The number of nitrogens with one attached hydrogen (secondary N) is 1. The summed E-state index contributed by atoms with van der Waals surface area (Å²) in [6.45, 7) is 0.508. The van der Waals surface area contributed by atoms with E-state index in [0.29, 0.717) is 32.9 Å². The van der Waals surface area contributed by atoms with Crippen LogP contribution in [0.15, 0.2) is 60.4 Å². The molecule has 0 bridgehead atoms. The van der Waals surface area contributed by atoms with Crippen LogP contribution in [0.3, 0.4) is 0 Å². The number of ether oxygens (including phenoxy) is 2. The summed E-state index contributed by atoms with van der Waals surface area (Å²) >= 11 is 14.2. The number of aromatic nitrogens is 3. The minimum Gasteiger partial charge on any atom is -0.483 e. The van der Waals surface area contributed by atoms with Gasteiger partial charge in [-0.25, -0.2) is 9.78 Å². The summed E-state index contributed by atoms with van der Waals surface area (Å²) in [7, 11) is 0. The molecule has 50 heavy (non-hydrogen) atoms. The first-order valence-electron chi connectivity index (χ1n) is 15.9. The van der Waals surface area contributed by atoms with Gasteiger partial charge in [0.05, 0.1) is 20.1 Å². The molecule has 0 radical (unpaired) electrons. The smallest absolute Gasteiger partial charge is 0.438 e. The van der Waals surface area contributed by atoms with Gasteiger partial charge >= 0.3 is 12.1 Å². The number of carbonyl (C=O) groups is 1. The Morgan fingerprint density at radius 2 is 2.00 bits per heavy atom. The van der Waals surface area contributed by atoms with E-state index in [1.165, 1.54) is 17.6 Å². The number of halogens is 5. The van der Waals surface area contributed by atoms with Crippen LogP contribution >= 0.6 is 34.7 Å². The molecule has 3 aromatic heterocycles. The number of para-hydroxylation sites is 1. The van der Waals surface area contributed by atoms with E-state index in [0.717, 1.165) is 69.6 Å². The number of aliphatic carboxylic acids is 1. The molecule has 0 spiro atoms. The number of alkyl halides is 3. The fraction of sp³-hybridized carbons (Fsp3) is 0.314.